The number of likely N-dealkylation sites (N-methyl/N-ethyl adjacent to an activating group) is 1. The smallest absolute Gasteiger partial charge is 0.416 e. The van der Waals surface area contributed by atoms with Gasteiger partial charge in [-0.2, -0.15) is 18.2 Å². The van der Waals surface area contributed by atoms with E-state index in [0.29, 0.717) is 23.8 Å². The van der Waals surface area contributed by atoms with E-state index in [-0.39, 0.29) is 28.1 Å². The first-order chi connectivity index (χ1) is 20.3. The number of phenols is 1. The third-order valence-electron chi connectivity index (χ3n) is 6.28. The summed E-state index contributed by atoms with van der Waals surface area (Å²) in [6.45, 7) is 1.58. The van der Waals surface area contributed by atoms with Crippen LogP contribution in [0.3, 0.4) is 0 Å². The van der Waals surface area contributed by atoms with Crippen LogP contribution in [0.2, 0.25) is 5.02 Å². The Hall–Kier alpha value is -4.54. The maximum Gasteiger partial charge on any atom is 0.416 e. The van der Waals surface area contributed by atoms with Gasteiger partial charge in [0, 0.05) is 0 Å². The Morgan fingerprint density at radius 3 is 2.00 bits per heavy atom. The predicted octanol–water partition coefficient (Wildman–Crippen LogP) is 7.07. The molecule has 43 heavy (non-hydrogen) atoms. The van der Waals surface area contributed by atoms with Crippen LogP contribution in [0.25, 0.3) is 22.3 Å². The molecule has 0 heterocycles. The van der Waals surface area contributed by atoms with Crippen LogP contribution in [0.15, 0.2) is 89.9 Å². The van der Waals surface area contributed by atoms with Gasteiger partial charge in [-0.3, -0.25) is 9.59 Å². The van der Waals surface area contributed by atoms with Gasteiger partial charge in [0.1, 0.15) is 11.6 Å². The number of rotatable bonds is 7. The maximum absolute atomic E-state index is 13.2. The molecule has 0 saturated carbocycles. The molecule has 6 nitrogen and oxygen atoms in total. The second-order valence-electron chi connectivity index (χ2n) is 9.43. The molecule has 4 rings (SSSR count). The first kappa shape index (κ1) is 33.0. The highest BCUT2D eigenvalue weighted by Gasteiger charge is 2.30. The number of hydrogen-bond acceptors (Lipinski definition) is 4. The molecule has 0 spiro atoms. The van der Waals surface area contributed by atoms with E-state index >= 15 is 0 Å². The van der Waals surface area contributed by atoms with Crippen LogP contribution in [0, 0.1) is 5.82 Å². The van der Waals surface area contributed by atoms with Crippen molar-refractivity contribution >= 4 is 29.6 Å². The van der Waals surface area contributed by atoms with Crippen molar-refractivity contribution in [2.24, 2.45) is 10.7 Å². The lowest BCUT2D eigenvalue weighted by Crippen LogP contribution is -2.35. The van der Waals surface area contributed by atoms with Gasteiger partial charge in [-0.15, -0.1) is 0 Å². The summed E-state index contributed by atoms with van der Waals surface area (Å²) in [5.74, 6) is -0.662. The monoisotopic (exact) mass is 613 g/mol. The zero-order valence-electron chi connectivity index (χ0n) is 23.1. The van der Waals surface area contributed by atoms with Crippen LogP contribution in [0.1, 0.15) is 28.4 Å². The summed E-state index contributed by atoms with van der Waals surface area (Å²) in [6, 6.07) is 20.7. The Morgan fingerprint density at radius 2 is 1.49 bits per heavy atom. The largest absolute Gasteiger partial charge is 0.507 e. The van der Waals surface area contributed by atoms with Crippen LogP contribution < -0.4 is 11.1 Å². The first-order valence-corrected chi connectivity index (χ1v) is 13.2. The molecule has 1 atom stereocenters. The topological polar surface area (TPSA) is 105 Å². The summed E-state index contributed by atoms with van der Waals surface area (Å²) < 4.78 is 50.5. The SMILES string of the molecule is CNC(Cc1ccc(-c2ccc(F)c(Cl)c2)cc1)C(=O)N=C(C)N.O=Cc1cc(-c2ccc(C(F)(F)F)cc2)ccc1O. The number of halogens is 5. The van der Waals surface area contributed by atoms with Gasteiger partial charge in [-0.1, -0.05) is 60.1 Å². The summed E-state index contributed by atoms with van der Waals surface area (Å²) in [5.41, 5.74) is 8.64. The average Bonchev–Trinajstić information content (AvgIpc) is 2.97. The standard InChI is InChI=1S/C18H19ClFN3O.C14H9F3O2/c1-11(21)23-18(24)17(22-2)9-12-3-5-13(6-4-12)14-7-8-16(20)15(19)10-14;15-14(16,17)12-4-1-9(2-5-12)10-3-6-13(19)11(7-10)8-18/h3-8,10,17,22H,9H2,1-2H3,(H2,21,23,24);1-8,19H. The number of nitrogens with one attached hydrogen (secondary N) is 1. The molecule has 0 bridgehead atoms. The van der Waals surface area contributed by atoms with E-state index in [0.717, 1.165) is 28.8 Å². The minimum Gasteiger partial charge on any atom is -0.507 e. The van der Waals surface area contributed by atoms with E-state index in [1.165, 1.54) is 36.4 Å². The highest BCUT2D eigenvalue weighted by molar-refractivity contribution is 6.31. The van der Waals surface area contributed by atoms with Crippen molar-refractivity contribution < 1.29 is 32.3 Å². The number of phenolic OH excluding ortho intramolecular Hbond substituents is 1. The Morgan fingerprint density at radius 1 is 0.953 bits per heavy atom. The Balaban J connectivity index is 0.000000242. The number of nitrogens with zero attached hydrogens (tertiary/aromatic N) is 1. The van der Waals surface area contributed by atoms with Crippen molar-refractivity contribution in [3.63, 3.8) is 0 Å². The molecule has 1 amide bonds. The van der Waals surface area contributed by atoms with Crippen LogP contribution in [-0.2, 0) is 17.4 Å². The average molecular weight is 614 g/mol. The van der Waals surface area contributed by atoms with Gasteiger partial charge in [0.05, 0.1) is 28.0 Å². The zero-order valence-corrected chi connectivity index (χ0v) is 23.9. The fourth-order valence-corrected chi connectivity index (χ4v) is 4.17. The third-order valence-corrected chi connectivity index (χ3v) is 6.57. The quantitative estimate of drug-likeness (QED) is 0.0895. The molecular formula is C32H28ClF4N3O3. The fourth-order valence-electron chi connectivity index (χ4n) is 3.99. The maximum atomic E-state index is 13.2. The van der Waals surface area contributed by atoms with Gasteiger partial charge in [0.2, 0.25) is 0 Å². The number of benzene rings is 4. The van der Waals surface area contributed by atoms with Gasteiger partial charge in [-0.25, -0.2) is 4.39 Å². The second kappa shape index (κ2) is 14.6. The van der Waals surface area contributed by atoms with E-state index in [1.807, 2.05) is 24.3 Å². The Labute approximate surface area is 250 Å². The number of amides is 1. The molecule has 0 aromatic heterocycles. The van der Waals surface area contributed by atoms with Crippen molar-refractivity contribution in [2.45, 2.75) is 25.6 Å². The summed E-state index contributed by atoms with van der Waals surface area (Å²) in [4.78, 5) is 26.4. The number of aromatic hydroxyl groups is 1. The Bertz CT molecular complexity index is 1600. The third kappa shape index (κ3) is 9.22. The molecule has 0 saturated heterocycles. The highest BCUT2D eigenvalue weighted by Crippen LogP contribution is 2.32. The first-order valence-electron chi connectivity index (χ1n) is 12.8. The lowest BCUT2D eigenvalue weighted by atomic mass is 10.0. The molecule has 0 radical (unpaired) electrons. The van der Waals surface area contributed by atoms with E-state index in [2.05, 4.69) is 10.3 Å². The van der Waals surface area contributed by atoms with Gasteiger partial charge >= 0.3 is 6.18 Å². The molecular weight excluding hydrogens is 586 g/mol. The van der Waals surface area contributed by atoms with Crippen molar-refractivity contribution in [3.8, 4) is 28.0 Å². The minimum absolute atomic E-state index is 0.0902. The van der Waals surface area contributed by atoms with Gasteiger partial charge in [0.25, 0.3) is 5.91 Å². The fraction of sp³-hybridized carbons (Fsp3) is 0.156. The van der Waals surface area contributed by atoms with E-state index in [4.69, 9.17) is 17.3 Å². The lowest BCUT2D eigenvalue weighted by Gasteiger charge is -2.13. The number of aldehydes is 1. The van der Waals surface area contributed by atoms with Gasteiger partial charge in [0.15, 0.2) is 6.29 Å². The summed E-state index contributed by atoms with van der Waals surface area (Å²) >= 11 is 5.82. The normalized spacial score (nSPS) is 12.2. The highest BCUT2D eigenvalue weighted by atomic mass is 35.5. The van der Waals surface area contributed by atoms with Crippen LogP contribution >= 0.6 is 11.6 Å². The lowest BCUT2D eigenvalue weighted by molar-refractivity contribution is -0.137. The van der Waals surface area contributed by atoms with E-state index in [9.17, 15) is 32.3 Å². The number of carbonyl (C=O) groups excluding carboxylic acids is 2. The molecule has 4 aromatic rings. The number of alkyl halides is 3. The molecule has 0 aliphatic rings. The number of carbonyl (C=O) groups is 2. The van der Waals surface area contributed by atoms with Crippen LogP contribution in [0.5, 0.6) is 5.75 Å². The summed E-state index contributed by atoms with van der Waals surface area (Å²) in [7, 11) is 1.71. The van der Waals surface area contributed by atoms with Crippen LogP contribution in [0.4, 0.5) is 17.6 Å². The molecule has 0 fully saturated rings. The van der Waals surface area contributed by atoms with Crippen molar-refractivity contribution in [2.75, 3.05) is 7.05 Å². The minimum atomic E-state index is -4.37. The number of hydrogen-bond donors (Lipinski definition) is 3. The number of nitrogens with two attached hydrogens (primary N) is 1. The van der Waals surface area contributed by atoms with Gasteiger partial charge < -0.3 is 16.2 Å². The van der Waals surface area contributed by atoms with E-state index < -0.39 is 23.6 Å². The summed E-state index contributed by atoms with van der Waals surface area (Å²) in [6.07, 6.45) is -3.39. The zero-order chi connectivity index (χ0) is 31.7. The summed E-state index contributed by atoms with van der Waals surface area (Å²) in [5, 5.41) is 12.4. The molecule has 0 aliphatic carbocycles. The number of amidine groups is 1. The Kier molecular flexibility index (Phi) is 11.2. The molecule has 4 N–H and O–H groups in total. The molecule has 1 unspecified atom stereocenters. The molecule has 224 valence electrons. The van der Waals surface area contributed by atoms with Crippen molar-refractivity contribution in [1.29, 1.82) is 0 Å². The predicted molar refractivity (Wildman–Crippen MR) is 160 cm³/mol. The second-order valence-corrected chi connectivity index (χ2v) is 9.84. The molecule has 0 aliphatic heterocycles. The number of aliphatic imine (C=N–C) groups is 1. The molecule has 4 aromatic carbocycles. The van der Waals surface area contributed by atoms with Crippen molar-refractivity contribution in [1.82, 2.24) is 5.32 Å². The van der Waals surface area contributed by atoms with Crippen LogP contribution in [-0.4, -0.2) is 36.2 Å². The molecule has 11 heteroatoms. The van der Waals surface area contributed by atoms with E-state index in [1.54, 1.807) is 26.1 Å². The van der Waals surface area contributed by atoms with Crippen molar-refractivity contribution in [3.05, 3.63) is 112 Å². The van der Waals surface area contributed by atoms with Gasteiger partial charge in [-0.05, 0) is 84.6 Å².